The van der Waals surface area contributed by atoms with Crippen molar-refractivity contribution >= 4 is 27.6 Å². The van der Waals surface area contributed by atoms with Gasteiger partial charge >= 0.3 is 0 Å². The average Bonchev–Trinajstić information content (AvgIpc) is 2.38. The minimum atomic E-state index is -0.222. The maximum Gasteiger partial charge on any atom is 0.221 e. The van der Waals surface area contributed by atoms with Crippen LogP contribution in [0.15, 0.2) is 42.5 Å². The van der Waals surface area contributed by atoms with Crippen molar-refractivity contribution in [1.82, 2.24) is 0 Å². The van der Waals surface area contributed by atoms with E-state index in [2.05, 4.69) is 42.5 Å². The van der Waals surface area contributed by atoms with E-state index in [0.29, 0.717) is 6.42 Å². The lowest BCUT2D eigenvalue weighted by Gasteiger charge is -2.03. The molecule has 0 heterocycles. The molecule has 1 nitrogen and oxygen atoms in total. The average molecular weight is 261 g/mol. The van der Waals surface area contributed by atoms with Crippen molar-refractivity contribution in [2.24, 2.45) is 0 Å². The van der Waals surface area contributed by atoms with E-state index in [1.165, 1.54) is 16.3 Å². The highest BCUT2D eigenvalue weighted by Gasteiger charge is 1.98. The molecule has 0 N–H and O–H groups in total. The largest absolute Gasteiger partial charge is 0.281 e. The van der Waals surface area contributed by atoms with Crippen LogP contribution in [0.5, 0.6) is 0 Å². The normalized spacial score (nSPS) is 10.7. The van der Waals surface area contributed by atoms with Crippen LogP contribution in [0.1, 0.15) is 31.2 Å². The van der Waals surface area contributed by atoms with Crippen LogP contribution in [0, 0.1) is 0 Å². The van der Waals surface area contributed by atoms with Crippen molar-refractivity contribution in [2.45, 2.75) is 32.1 Å². The van der Waals surface area contributed by atoms with E-state index in [1.807, 2.05) is 0 Å². The third-order valence-electron chi connectivity index (χ3n) is 3.15. The van der Waals surface area contributed by atoms with Crippen molar-refractivity contribution in [2.75, 3.05) is 0 Å². The second kappa shape index (κ2) is 6.55. The minimum absolute atomic E-state index is 0.222. The molecule has 2 heteroatoms. The van der Waals surface area contributed by atoms with Crippen LogP contribution in [-0.4, -0.2) is 5.24 Å². The van der Waals surface area contributed by atoms with E-state index in [1.54, 1.807) is 0 Å². The standard InChI is InChI=1S/C16H17ClO/c17-16(18)9-3-1-2-6-13-10-11-14-7-4-5-8-15(14)12-13/h4-5,7-8,10-12H,1-3,6,9H2. The zero-order valence-corrected chi connectivity index (χ0v) is 11.1. The van der Waals surface area contributed by atoms with Crippen molar-refractivity contribution in [3.8, 4) is 0 Å². The highest BCUT2D eigenvalue weighted by Crippen LogP contribution is 2.17. The van der Waals surface area contributed by atoms with E-state index in [9.17, 15) is 4.79 Å². The Hall–Kier alpha value is -1.34. The zero-order chi connectivity index (χ0) is 12.8. The molecule has 18 heavy (non-hydrogen) atoms. The van der Waals surface area contributed by atoms with Crippen LogP contribution in [0.4, 0.5) is 0 Å². The number of aryl methyl sites for hydroxylation is 1. The van der Waals surface area contributed by atoms with Gasteiger partial charge in [-0.15, -0.1) is 0 Å². The molecule has 0 aliphatic rings. The van der Waals surface area contributed by atoms with E-state index in [-0.39, 0.29) is 5.24 Å². The van der Waals surface area contributed by atoms with Gasteiger partial charge in [0.25, 0.3) is 0 Å². The van der Waals surface area contributed by atoms with E-state index < -0.39 is 0 Å². The molecule has 0 atom stereocenters. The van der Waals surface area contributed by atoms with Gasteiger partial charge in [0.05, 0.1) is 0 Å². The molecule has 0 aliphatic heterocycles. The number of rotatable bonds is 6. The SMILES string of the molecule is O=C(Cl)CCCCCc1ccc2ccccc2c1. The Morgan fingerprint density at radius 3 is 2.50 bits per heavy atom. The fourth-order valence-electron chi connectivity index (χ4n) is 2.16. The summed E-state index contributed by atoms with van der Waals surface area (Å²) in [7, 11) is 0. The third-order valence-corrected chi connectivity index (χ3v) is 3.34. The molecule has 2 aromatic carbocycles. The van der Waals surface area contributed by atoms with Crippen molar-refractivity contribution in [1.29, 1.82) is 0 Å². The molecule has 0 aromatic heterocycles. The van der Waals surface area contributed by atoms with Gasteiger partial charge in [0, 0.05) is 6.42 Å². The summed E-state index contributed by atoms with van der Waals surface area (Å²) in [4.78, 5) is 10.6. The molecule has 0 aliphatic carbocycles. The summed E-state index contributed by atoms with van der Waals surface area (Å²) >= 11 is 5.30. The molecule has 0 saturated carbocycles. The second-order valence-electron chi connectivity index (χ2n) is 4.60. The fourth-order valence-corrected chi connectivity index (χ4v) is 2.30. The summed E-state index contributed by atoms with van der Waals surface area (Å²) in [5, 5.41) is 2.36. The molecule has 0 spiro atoms. The molecule has 2 aromatic rings. The van der Waals surface area contributed by atoms with Crippen LogP contribution in [0.25, 0.3) is 10.8 Å². The molecule has 0 fully saturated rings. The lowest BCUT2D eigenvalue weighted by atomic mass is 10.0. The Balaban J connectivity index is 1.86. The Morgan fingerprint density at radius 2 is 1.72 bits per heavy atom. The summed E-state index contributed by atoms with van der Waals surface area (Å²) in [6.07, 6.45) is 4.64. The number of carbonyl (C=O) groups excluding carboxylic acids is 1. The molecule has 0 saturated heterocycles. The number of unbranched alkanes of at least 4 members (excludes halogenated alkanes) is 2. The van der Waals surface area contributed by atoms with Crippen LogP contribution >= 0.6 is 11.6 Å². The summed E-state index contributed by atoms with van der Waals surface area (Å²) in [6, 6.07) is 15.0. The van der Waals surface area contributed by atoms with Gasteiger partial charge in [-0.25, -0.2) is 0 Å². The summed E-state index contributed by atoms with van der Waals surface area (Å²) in [5.41, 5.74) is 1.37. The predicted octanol–water partition coefficient (Wildman–Crippen LogP) is 4.71. The second-order valence-corrected chi connectivity index (χ2v) is 5.02. The fraction of sp³-hybridized carbons (Fsp3) is 0.312. The quantitative estimate of drug-likeness (QED) is 0.543. The van der Waals surface area contributed by atoms with Gasteiger partial charge in [0.1, 0.15) is 0 Å². The van der Waals surface area contributed by atoms with Crippen molar-refractivity contribution in [3.05, 3.63) is 48.0 Å². The summed E-state index contributed by atoms with van der Waals surface area (Å²) in [6.45, 7) is 0. The van der Waals surface area contributed by atoms with E-state index in [0.717, 1.165) is 25.7 Å². The molecular weight excluding hydrogens is 244 g/mol. The third kappa shape index (κ3) is 3.85. The number of hydrogen-bond acceptors (Lipinski definition) is 1. The van der Waals surface area contributed by atoms with Gasteiger partial charge in [-0.2, -0.15) is 0 Å². The number of halogens is 1. The molecule has 0 unspecified atom stereocenters. The smallest absolute Gasteiger partial charge is 0.221 e. The van der Waals surface area contributed by atoms with Gasteiger partial charge in [0.2, 0.25) is 5.24 Å². The Kier molecular flexibility index (Phi) is 4.77. The van der Waals surface area contributed by atoms with Crippen LogP contribution in [-0.2, 0) is 11.2 Å². The summed E-state index contributed by atoms with van der Waals surface area (Å²) < 4.78 is 0. The summed E-state index contributed by atoms with van der Waals surface area (Å²) in [5.74, 6) is 0. The van der Waals surface area contributed by atoms with Gasteiger partial charge in [0.15, 0.2) is 0 Å². The monoisotopic (exact) mass is 260 g/mol. The highest BCUT2D eigenvalue weighted by molar-refractivity contribution is 6.63. The first-order valence-corrected chi connectivity index (χ1v) is 6.79. The van der Waals surface area contributed by atoms with Crippen LogP contribution in [0.2, 0.25) is 0 Å². The topological polar surface area (TPSA) is 17.1 Å². The minimum Gasteiger partial charge on any atom is -0.281 e. The number of benzene rings is 2. The van der Waals surface area contributed by atoms with Crippen LogP contribution < -0.4 is 0 Å². The Labute approximate surface area is 113 Å². The lowest BCUT2D eigenvalue weighted by Crippen LogP contribution is -1.89. The molecule has 0 radical (unpaired) electrons. The van der Waals surface area contributed by atoms with Crippen molar-refractivity contribution < 1.29 is 4.79 Å². The molecular formula is C16H17ClO. The Morgan fingerprint density at radius 1 is 0.944 bits per heavy atom. The molecule has 0 amide bonds. The molecule has 0 bridgehead atoms. The number of fused-ring (bicyclic) bond motifs is 1. The van der Waals surface area contributed by atoms with E-state index >= 15 is 0 Å². The number of hydrogen-bond donors (Lipinski definition) is 0. The first-order chi connectivity index (χ1) is 8.75. The number of carbonyl (C=O) groups is 1. The molecule has 2 rings (SSSR count). The first kappa shape index (κ1) is 13.1. The van der Waals surface area contributed by atoms with Gasteiger partial charge < -0.3 is 0 Å². The Bertz CT molecular complexity index is 533. The van der Waals surface area contributed by atoms with Crippen LogP contribution in [0.3, 0.4) is 0 Å². The zero-order valence-electron chi connectivity index (χ0n) is 10.4. The van der Waals surface area contributed by atoms with E-state index in [4.69, 9.17) is 11.6 Å². The first-order valence-electron chi connectivity index (χ1n) is 6.42. The maximum atomic E-state index is 10.6. The van der Waals surface area contributed by atoms with Gasteiger partial charge in [-0.3, -0.25) is 4.79 Å². The maximum absolute atomic E-state index is 10.6. The van der Waals surface area contributed by atoms with Gasteiger partial charge in [-0.05, 0) is 47.2 Å². The van der Waals surface area contributed by atoms with Crippen molar-refractivity contribution in [3.63, 3.8) is 0 Å². The molecule has 94 valence electrons. The lowest BCUT2D eigenvalue weighted by molar-refractivity contribution is -0.111. The highest BCUT2D eigenvalue weighted by atomic mass is 35.5. The predicted molar refractivity (Wildman–Crippen MR) is 77.0 cm³/mol. The van der Waals surface area contributed by atoms with Gasteiger partial charge in [-0.1, -0.05) is 48.9 Å².